The molecule has 0 heterocycles. The van der Waals surface area contributed by atoms with Gasteiger partial charge in [0.15, 0.2) is 0 Å². The summed E-state index contributed by atoms with van der Waals surface area (Å²) < 4.78 is 0. The van der Waals surface area contributed by atoms with Gasteiger partial charge in [0, 0.05) is 0 Å². The first kappa shape index (κ1) is 18.3. The van der Waals surface area contributed by atoms with Gasteiger partial charge in [-0.05, 0) is 32.3 Å². The molecule has 0 amide bonds. The number of rotatable bonds is 3. The summed E-state index contributed by atoms with van der Waals surface area (Å²) in [6, 6.07) is 21.9. The first-order valence-electron chi connectivity index (χ1n) is 9.47. The number of hydrogen-bond acceptors (Lipinski definition) is 0. The fraction of sp³-hybridized carbons (Fsp3) is 0.333. The molecule has 0 saturated heterocycles. The molecule has 0 fully saturated rings. The highest BCUT2D eigenvalue weighted by Gasteiger charge is 2.05. The number of unbranched alkanes of at least 4 members (excludes halogenated alkanes) is 3. The lowest BCUT2D eigenvalue weighted by atomic mass is 9.95. The Bertz CT molecular complexity index is 724. The quantitative estimate of drug-likeness (QED) is 0.264. The van der Waals surface area contributed by atoms with E-state index in [-0.39, 0.29) is 0 Å². The molecule has 0 N–H and O–H groups in total. The SMILES string of the molecule is CC.CCCCCC.c1cc2ccc3cccc4ccc(c1)c2c34. The fourth-order valence-electron chi connectivity index (χ4n) is 3.17. The van der Waals surface area contributed by atoms with Crippen molar-refractivity contribution in [3.8, 4) is 0 Å². The maximum atomic E-state index is 2.23. The van der Waals surface area contributed by atoms with Crippen LogP contribution in [-0.2, 0) is 0 Å². The molecule has 0 aliphatic rings. The van der Waals surface area contributed by atoms with Gasteiger partial charge in [-0.2, -0.15) is 0 Å². The van der Waals surface area contributed by atoms with E-state index in [0.29, 0.717) is 0 Å². The van der Waals surface area contributed by atoms with Crippen LogP contribution in [0.3, 0.4) is 0 Å². The second-order valence-corrected chi connectivity index (χ2v) is 6.00. The lowest BCUT2D eigenvalue weighted by Crippen LogP contribution is -1.82. The first-order valence-corrected chi connectivity index (χ1v) is 9.47. The highest BCUT2D eigenvalue weighted by atomic mass is 14.1. The van der Waals surface area contributed by atoms with E-state index in [9.17, 15) is 0 Å². The Morgan fingerprint density at radius 1 is 0.500 bits per heavy atom. The Morgan fingerprint density at radius 3 is 1.04 bits per heavy atom. The molecular formula is C24H30. The third-order valence-electron chi connectivity index (χ3n) is 4.35. The third-order valence-corrected chi connectivity index (χ3v) is 4.35. The molecule has 0 heteroatoms. The van der Waals surface area contributed by atoms with E-state index in [4.69, 9.17) is 0 Å². The van der Waals surface area contributed by atoms with E-state index in [2.05, 4.69) is 74.5 Å². The molecule has 0 nitrogen and oxygen atoms in total. The summed E-state index contributed by atoms with van der Waals surface area (Å²) in [5, 5.41) is 8.14. The molecule has 0 aromatic heterocycles. The molecule has 24 heavy (non-hydrogen) atoms. The van der Waals surface area contributed by atoms with Crippen LogP contribution in [0.4, 0.5) is 0 Å². The summed E-state index contributed by atoms with van der Waals surface area (Å²) in [4.78, 5) is 0. The van der Waals surface area contributed by atoms with Gasteiger partial charge >= 0.3 is 0 Å². The Hall–Kier alpha value is -2.08. The minimum absolute atomic E-state index is 1.34. The lowest BCUT2D eigenvalue weighted by molar-refractivity contribution is 0.702. The van der Waals surface area contributed by atoms with Gasteiger partial charge in [-0.25, -0.2) is 0 Å². The van der Waals surface area contributed by atoms with Crippen LogP contribution in [0.5, 0.6) is 0 Å². The van der Waals surface area contributed by atoms with Gasteiger partial charge in [0.25, 0.3) is 0 Å². The van der Waals surface area contributed by atoms with Gasteiger partial charge in [-0.15, -0.1) is 0 Å². The summed E-state index contributed by atoms with van der Waals surface area (Å²) >= 11 is 0. The smallest absolute Gasteiger partial charge is 0.00268 e. The van der Waals surface area contributed by atoms with Gasteiger partial charge < -0.3 is 0 Å². The molecule has 4 aromatic rings. The number of benzene rings is 4. The van der Waals surface area contributed by atoms with Crippen LogP contribution in [-0.4, -0.2) is 0 Å². The zero-order valence-corrected chi connectivity index (χ0v) is 15.6. The Kier molecular flexibility index (Phi) is 7.06. The molecular weight excluding hydrogens is 288 g/mol. The normalized spacial score (nSPS) is 10.3. The van der Waals surface area contributed by atoms with Crippen LogP contribution in [0, 0.1) is 0 Å². The summed E-state index contributed by atoms with van der Waals surface area (Å²) in [6.45, 7) is 8.46. The first-order chi connectivity index (χ1) is 11.8. The average Bonchev–Trinajstić information content (AvgIpc) is 2.67. The highest BCUT2D eigenvalue weighted by molar-refractivity contribution is 6.22. The lowest BCUT2D eigenvalue weighted by Gasteiger charge is -2.09. The van der Waals surface area contributed by atoms with E-state index in [1.54, 1.807) is 0 Å². The standard InChI is InChI=1S/C16H10.C6H14.C2H6/c1-3-11-7-9-13-5-2-6-14-10-8-12(4-1)15(11)16(13)14;1-3-5-6-4-2;1-2/h1-10H;3-6H2,1-2H3;1-2H3. The van der Waals surface area contributed by atoms with Gasteiger partial charge in [0.1, 0.15) is 0 Å². The number of hydrogen-bond donors (Lipinski definition) is 0. The summed E-state index contributed by atoms with van der Waals surface area (Å²) in [6.07, 6.45) is 5.54. The van der Waals surface area contributed by atoms with Crippen molar-refractivity contribution < 1.29 is 0 Å². The maximum Gasteiger partial charge on any atom is -0.00268 e. The molecule has 0 spiro atoms. The Morgan fingerprint density at radius 2 is 0.792 bits per heavy atom. The van der Waals surface area contributed by atoms with Gasteiger partial charge in [-0.3, -0.25) is 0 Å². The molecule has 0 aliphatic carbocycles. The van der Waals surface area contributed by atoms with Crippen LogP contribution in [0.1, 0.15) is 53.4 Å². The Labute approximate surface area is 146 Å². The monoisotopic (exact) mass is 318 g/mol. The summed E-state index contributed by atoms with van der Waals surface area (Å²) in [5.74, 6) is 0. The third kappa shape index (κ3) is 3.87. The zero-order chi connectivity index (χ0) is 17.4. The second kappa shape index (κ2) is 9.27. The highest BCUT2D eigenvalue weighted by Crippen LogP contribution is 2.33. The van der Waals surface area contributed by atoms with Gasteiger partial charge in [0.05, 0.1) is 0 Å². The average molecular weight is 319 g/mol. The van der Waals surface area contributed by atoms with Crippen molar-refractivity contribution in [2.75, 3.05) is 0 Å². The maximum absolute atomic E-state index is 2.23. The van der Waals surface area contributed by atoms with Crippen molar-refractivity contribution >= 4 is 32.3 Å². The van der Waals surface area contributed by atoms with Gasteiger partial charge in [-0.1, -0.05) is 114 Å². The molecule has 4 rings (SSSR count). The van der Waals surface area contributed by atoms with Crippen molar-refractivity contribution in [1.82, 2.24) is 0 Å². The van der Waals surface area contributed by atoms with Crippen molar-refractivity contribution in [2.24, 2.45) is 0 Å². The molecule has 0 aliphatic heterocycles. The van der Waals surface area contributed by atoms with Crippen LogP contribution >= 0.6 is 0 Å². The molecule has 0 radical (unpaired) electrons. The molecule has 0 atom stereocenters. The molecule has 0 unspecified atom stereocenters. The fourth-order valence-corrected chi connectivity index (χ4v) is 3.17. The predicted molar refractivity (Wildman–Crippen MR) is 111 cm³/mol. The minimum atomic E-state index is 1.34. The van der Waals surface area contributed by atoms with Gasteiger partial charge in [0.2, 0.25) is 0 Å². The van der Waals surface area contributed by atoms with Crippen molar-refractivity contribution in [2.45, 2.75) is 53.4 Å². The van der Waals surface area contributed by atoms with Crippen molar-refractivity contribution in [3.63, 3.8) is 0 Å². The summed E-state index contributed by atoms with van der Waals surface area (Å²) in [7, 11) is 0. The predicted octanol–water partition coefficient (Wildman–Crippen LogP) is 8.20. The van der Waals surface area contributed by atoms with Crippen molar-refractivity contribution in [3.05, 3.63) is 60.7 Å². The molecule has 0 bridgehead atoms. The second-order valence-electron chi connectivity index (χ2n) is 6.00. The molecule has 126 valence electrons. The minimum Gasteiger partial charge on any atom is -0.0683 e. The van der Waals surface area contributed by atoms with E-state index in [1.165, 1.54) is 58.0 Å². The van der Waals surface area contributed by atoms with E-state index < -0.39 is 0 Å². The molecule has 4 aromatic carbocycles. The van der Waals surface area contributed by atoms with Crippen LogP contribution < -0.4 is 0 Å². The van der Waals surface area contributed by atoms with Crippen molar-refractivity contribution in [1.29, 1.82) is 0 Å². The van der Waals surface area contributed by atoms with Crippen LogP contribution in [0.15, 0.2) is 60.7 Å². The van der Waals surface area contributed by atoms with E-state index in [0.717, 1.165) is 0 Å². The van der Waals surface area contributed by atoms with Crippen LogP contribution in [0.2, 0.25) is 0 Å². The largest absolute Gasteiger partial charge is 0.0683 e. The summed E-state index contributed by atoms with van der Waals surface area (Å²) in [5.41, 5.74) is 0. The van der Waals surface area contributed by atoms with Crippen LogP contribution in [0.25, 0.3) is 32.3 Å². The van der Waals surface area contributed by atoms with E-state index >= 15 is 0 Å². The molecule has 0 saturated carbocycles. The topological polar surface area (TPSA) is 0 Å². The Balaban J connectivity index is 0.000000225. The zero-order valence-electron chi connectivity index (χ0n) is 15.6. The van der Waals surface area contributed by atoms with E-state index in [1.807, 2.05) is 13.8 Å².